The van der Waals surface area contributed by atoms with Crippen LogP contribution in [-0.4, -0.2) is 75.2 Å². The van der Waals surface area contributed by atoms with Crippen LogP contribution < -0.4 is 4.74 Å². The largest absolute Gasteiger partial charge is 0.481 e. The molecule has 3 rings (SSSR count). The van der Waals surface area contributed by atoms with E-state index in [1.54, 1.807) is 19.1 Å². The molecular formula is C24H26N2O7S2. The van der Waals surface area contributed by atoms with E-state index < -0.39 is 28.2 Å². The monoisotopic (exact) mass is 518 g/mol. The minimum absolute atomic E-state index is 0.0396. The van der Waals surface area contributed by atoms with Crippen molar-refractivity contribution < 1.29 is 32.3 Å². The minimum atomic E-state index is -3.76. The number of hydrogen-bond donors (Lipinski definition) is 0. The Morgan fingerprint density at radius 3 is 2.69 bits per heavy atom. The molecule has 0 unspecified atom stereocenters. The van der Waals surface area contributed by atoms with E-state index in [9.17, 15) is 22.8 Å². The molecule has 0 N–H and O–H groups in total. The van der Waals surface area contributed by atoms with Crippen LogP contribution in [0.5, 0.6) is 5.75 Å². The molecule has 9 nitrogen and oxygen atoms in total. The lowest BCUT2D eigenvalue weighted by molar-refractivity contribution is -0.145. The summed E-state index contributed by atoms with van der Waals surface area (Å²) in [5, 5.41) is 0. The lowest BCUT2D eigenvalue weighted by atomic mass is 9.97. The number of ether oxygens (including phenoxy) is 2. The predicted molar refractivity (Wildman–Crippen MR) is 132 cm³/mol. The first-order valence-electron chi connectivity index (χ1n) is 10.9. The average molecular weight is 519 g/mol. The normalized spacial score (nSPS) is 15.1. The predicted octanol–water partition coefficient (Wildman–Crippen LogP) is 2.58. The molecule has 35 heavy (non-hydrogen) atoms. The molecule has 1 aliphatic heterocycles. The third-order valence-corrected chi connectivity index (χ3v) is 7.41. The average Bonchev–Trinajstić information content (AvgIpc) is 3.15. The van der Waals surface area contributed by atoms with Crippen molar-refractivity contribution in [3.63, 3.8) is 0 Å². The second-order valence-corrected chi connectivity index (χ2v) is 10.5. The molecule has 0 atom stereocenters. The minimum Gasteiger partial charge on any atom is -0.481 e. The van der Waals surface area contributed by atoms with E-state index in [0.29, 0.717) is 18.5 Å². The number of carbonyl (C=O) groups is 3. The van der Waals surface area contributed by atoms with Crippen LogP contribution in [0.4, 0.5) is 0 Å². The van der Waals surface area contributed by atoms with E-state index in [-0.39, 0.29) is 41.0 Å². The zero-order chi connectivity index (χ0) is 25.6. The van der Waals surface area contributed by atoms with E-state index >= 15 is 0 Å². The SMILES string of the molecule is CCOC(=O)COc1ccc(C(=O)CN2CC3=C(C=CC(=C=NSC)C3)C2=O)cc1S(=O)(=O)CC. The van der Waals surface area contributed by atoms with Crippen molar-refractivity contribution >= 4 is 45.3 Å². The van der Waals surface area contributed by atoms with Crippen LogP contribution >= 0.6 is 11.9 Å². The van der Waals surface area contributed by atoms with Crippen molar-refractivity contribution in [2.24, 2.45) is 4.40 Å². The van der Waals surface area contributed by atoms with Gasteiger partial charge in [0.1, 0.15) is 10.6 Å². The fourth-order valence-electron chi connectivity index (χ4n) is 3.63. The Bertz CT molecular complexity index is 1270. The molecule has 0 saturated carbocycles. The summed E-state index contributed by atoms with van der Waals surface area (Å²) in [6.07, 6.45) is 5.86. The Labute approximate surface area is 208 Å². The highest BCUT2D eigenvalue weighted by atomic mass is 32.2. The van der Waals surface area contributed by atoms with Gasteiger partial charge in [0.05, 0.1) is 18.9 Å². The number of nitrogens with zero attached hydrogens (tertiary/aromatic N) is 2. The van der Waals surface area contributed by atoms with Gasteiger partial charge in [-0.2, -0.15) is 4.40 Å². The number of sulfone groups is 1. The summed E-state index contributed by atoms with van der Waals surface area (Å²) in [5.74, 6) is 1.37. The van der Waals surface area contributed by atoms with Crippen LogP contribution in [0.3, 0.4) is 0 Å². The zero-order valence-corrected chi connectivity index (χ0v) is 21.3. The van der Waals surface area contributed by atoms with Crippen molar-refractivity contribution in [1.29, 1.82) is 0 Å². The van der Waals surface area contributed by atoms with E-state index in [1.165, 1.54) is 42.0 Å². The van der Waals surface area contributed by atoms with Crippen LogP contribution in [0.25, 0.3) is 0 Å². The highest BCUT2D eigenvalue weighted by Crippen LogP contribution is 2.31. The lowest BCUT2D eigenvalue weighted by Crippen LogP contribution is -2.32. The third kappa shape index (κ3) is 6.30. The Hall–Kier alpha value is -3.14. The summed E-state index contributed by atoms with van der Waals surface area (Å²) in [5.41, 5.74) is 2.43. The van der Waals surface area contributed by atoms with Crippen molar-refractivity contribution in [3.8, 4) is 5.75 Å². The van der Waals surface area contributed by atoms with E-state index in [2.05, 4.69) is 10.3 Å². The number of ketones is 1. The number of Topliss-reactive ketones (excluding diaryl/α,β-unsaturated/α-hetero) is 1. The molecule has 0 bridgehead atoms. The number of esters is 1. The van der Waals surface area contributed by atoms with E-state index in [4.69, 9.17) is 9.47 Å². The first kappa shape index (κ1) is 26.5. The number of hydrogen-bond acceptors (Lipinski definition) is 9. The fraction of sp³-hybridized carbons (Fsp3) is 0.375. The van der Waals surface area contributed by atoms with Gasteiger partial charge in [-0.25, -0.2) is 13.2 Å². The van der Waals surface area contributed by atoms with Gasteiger partial charge in [0, 0.05) is 35.9 Å². The Morgan fingerprint density at radius 1 is 1.23 bits per heavy atom. The molecule has 0 spiro atoms. The molecule has 1 aromatic carbocycles. The van der Waals surface area contributed by atoms with Crippen molar-refractivity contribution in [3.05, 3.63) is 52.6 Å². The van der Waals surface area contributed by atoms with E-state index in [1.807, 2.05) is 6.26 Å². The van der Waals surface area contributed by atoms with Crippen LogP contribution in [0.2, 0.25) is 0 Å². The quantitative estimate of drug-likeness (QED) is 0.201. The second kappa shape index (κ2) is 11.5. The van der Waals surface area contributed by atoms with Gasteiger partial charge in [0.25, 0.3) is 5.91 Å². The smallest absolute Gasteiger partial charge is 0.344 e. The molecule has 1 aliphatic carbocycles. The summed E-state index contributed by atoms with van der Waals surface area (Å²) in [4.78, 5) is 38.7. The molecule has 1 aromatic rings. The van der Waals surface area contributed by atoms with Gasteiger partial charge >= 0.3 is 5.97 Å². The summed E-state index contributed by atoms with van der Waals surface area (Å²) in [6, 6.07) is 4.00. The lowest BCUT2D eigenvalue weighted by Gasteiger charge is -2.17. The molecule has 186 valence electrons. The molecule has 1 heterocycles. The van der Waals surface area contributed by atoms with Crippen LogP contribution in [0.15, 0.2) is 56.4 Å². The number of benzene rings is 1. The summed E-state index contributed by atoms with van der Waals surface area (Å²) in [7, 11) is -3.76. The number of allylic oxidation sites excluding steroid dienone is 2. The summed E-state index contributed by atoms with van der Waals surface area (Å²) < 4.78 is 39.5. The maximum Gasteiger partial charge on any atom is 0.344 e. The number of carbonyl (C=O) groups excluding carboxylic acids is 3. The fourth-order valence-corrected chi connectivity index (χ4v) is 4.89. The Balaban J connectivity index is 1.77. The van der Waals surface area contributed by atoms with E-state index in [0.717, 1.165) is 11.1 Å². The standard InChI is InChI=1S/C24H26N2O7S2/c1-4-32-23(28)15-33-21-9-7-17(11-22(21)35(30,31)5-2)20(27)14-26-13-18-10-16(12-25-34-3)6-8-19(18)24(26)29/h6-9,11H,4-5,10,13-15H2,1-3H3. The molecule has 2 aliphatic rings. The Morgan fingerprint density at radius 2 is 2.00 bits per heavy atom. The molecule has 0 fully saturated rings. The third-order valence-electron chi connectivity index (χ3n) is 5.38. The molecule has 0 saturated heterocycles. The maximum absolute atomic E-state index is 13.0. The van der Waals surface area contributed by atoms with Gasteiger partial charge in [-0.05, 0) is 60.7 Å². The molecule has 1 amide bonds. The van der Waals surface area contributed by atoms with Gasteiger partial charge in [-0.1, -0.05) is 6.92 Å². The highest BCUT2D eigenvalue weighted by molar-refractivity contribution is 7.97. The molecule has 0 aromatic heterocycles. The summed E-state index contributed by atoms with van der Waals surface area (Å²) in [6.45, 7) is 2.93. The van der Waals surface area contributed by atoms with Crippen LogP contribution in [-0.2, 0) is 24.2 Å². The number of amides is 1. The van der Waals surface area contributed by atoms with Gasteiger partial charge in [-0.3, -0.25) is 9.59 Å². The van der Waals surface area contributed by atoms with Crippen LogP contribution in [0.1, 0.15) is 30.6 Å². The maximum atomic E-state index is 13.0. The van der Waals surface area contributed by atoms with Gasteiger partial charge in [-0.15, -0.1) is 0 Å². The van der Waals surface area contributed by atoms with Gasteiger partial charge in [0.2, 0.25) is 0 Å². The second-order valence-electron chi connectivity index (χ2n) is 7.68. The summed E-state index contributed by atoms with van der Waals surface area (Å²) >= 11 is 1.29. The van der Waals surface area contributed by atoms with Gasteiger partial charge < -0.3 is 14.4 Å². The highest BCUT2D eigenvalue weighted by Gasteiger charge is 2.32. The molecular weight excluding hydrogens is 492 g/mol. The topological polar surface area (TPSA) is 119 Å². The zero-order valence-electron chi connectivity index (χ0n) is 19.7. The molecule has 11 heteroatoms. The first-order valence-corrected chi connectivity index (χ1v) is 13.8. The number of rotatable bonds is 10. The van der Waals surface area contributed by atoms with Gasteiger partial charge in [0.15, 0.2) is 22.2 Å². The van der Waals surface area contributed by atoms with Crippen LogP contribution in [0, 0.1) is 0 Å². The van der Waals surface area contributed by atoms with Crippen molar-refractivity contribution in [2.75, 3.05) is 38.3 Å². The Kier molecular flexibility index (Phi) is 8.71. The first-order chi connectivity index (χ1) is 16.7. The van der Waals surface area contributed by atoms with Crippen molar-refractivity contribution in [2.45, 2.75) is 25.2 Å². The molecule has 0 radical (unpaired) electrons. The van der Waals surface area contributed by atoms with Crippen molar-refractivity contribution in [1.82, 2.24) is 4.90 Å².